The van der Waals surface area contributed by atoms with Gasteiger partial charge in [-0.15, -0.1) is 0 Å². The summed E-state index contributed by atoms with van der Waals surface area (Å²) < 4.78 is 0. The Balaban J connectivity index is 2.10. The summed E-state index contributed by atoms with van der Waals surface area (Å²) >= 11 is 0. The van der Waals surface area contributed by atoms with Crippen LogP contribution in [-0.2, 0) is 17.8 Å². The molecule has 0 unspecified atom stereocenters. The maximum atomic E-state index is 10.8. The molecule has 2 N–H and O–H groups in total. The SMILES string of the molecule is N#Cc1cccc(NCc2ccccc2CC(=O)O)c1. The van der Waals surface area contributed by atoms with Crippen molar-refractivity contribution in [1.29, 1.82) is 5.26 Å². The van der Waals surface area contributed by atoms with Gasteiger partial charge in [0.05, 0.1) is 18.1 Å². The lowest BCUT2D eigenvalue weighted by molar-refractivity contribution is -0.136. The van der Waals surface area contributed by atoms with Crippen molar-refractivity contribution >= 4 is 11.7 Å². The number of nitriles is 1. The molecule has 0 atom stereocenters. The third kappa shape index (κ3) is 3.59. The fourth-order valence-electron chi connectivity index (χ4n) is 1.96. The topological polar surface area (TPSA) is 73.1 Å². The van der Waals surface area contributed by atoms with E-state index in [-0.39, 0.29) is 6.42 Å². The first kappa shape index (κ1) is 13.6. The first-order chi connectivity index (χ1) is 9.69. The maximum absolute atomic E-state index is 10.8. The molecule has 2 aromatic rings. The molecular weight excluding hydrogens is 252 g/mol. The van der Waals surface area contributed by atoms with E-state index in [0.717, 1.165) is 16.8 Å². The van der Waals surface area contributed by atoms with Gasteiger partial charge in [-0.1, -0.05) is 30.3 Å². The van der Waals surface area contributed by atoms with Crippen molar-refractivity contribution in [3.63, 3.8) is 0 Å². The zero-order valence-electron chi connectivity index (χ0n) is 10.8. The molecule has 0 radical (unpaired) electrons. The van der Waals surface area contributed by atoms with Crippen LogP contribution in [0.25, 0.3) is 0 Å². The van der Waals surface area contributed by atoms with E-state index in [4.69, 9.17) is 10.4 Å². The average Bonchev–Trinajstić information content (AvgIpc) is 2.46. The average molecular weight is 266 g/mol. The number of anilines is 1. The molecule has 0 aromatic heterocycles. The molecule has 0 spiro atoms. The molecule has 2 aromatic carbocycles. The molecule has 0 amide bonds. The zero-order valence-corrected chi connectivity index (χ0v) is 10.8. The van der Waals surface area contributed by atoms with E-state index in [9.17, 15) is 4.79 Å². The molecule has 0 saturated heterocycles. The van der Waals surface area contributed by atoms with E-state index in [1.807, 2.05) is 36.4 Å². The first-order valence-corrected chi connectivity index (χ1v) is 6.21. The summed E-state index contributed by atoms with van der Waals surface area (Å²) in [5.41, 5.74) is 3.17. The normalized spacial score (nSPS) is 9.75. The van der Waals surface area contributed by atoms with Crippen LogP contribution in [0.3, 0.4) is 0 Å². The van der Waals surface area contributed by atoms with Crippen LogP contribution in [-0.4, -0.2) is 11.1 Å². The highest BCUT2D eigenvalue weighted by atomic mass is 16.4. The Kier molecular flexibility index (Phi) is 4.35. The van der Waals surface area contributed by atoms with Crippen LogP contribution in [0.4, 0.5) is 5.69 Å². The third-order valence-corrected chi connectivity index (χ3v) is 2.93. The molecule has 0 saturated carbocycles. The predicted octanol–water partition coefficient (Wildman–Crippen LogP) is 2.80. The molecule has 0 aliphatic carbocycles. The Hall–Kier alpha value is -2.80. The molecule has 0 aliphatic rings. The van der Waals surface area contributed by atoms with Gasteiger partial charge in [0, 0.05) is 12.2 Å². The fraction of sp³-hybridized carbons (Fsp3) is 0.125. The quantitative estimate of drug-likeness (QED) is 0.872. The number of carbonyl (C=O) groups is 1. The molecule has 4 heteroatoms. The number of aliphatic carboxylic acids is 1. The van der Waals surface area contributed by atoms with Crippen LogP contribution < -0.4 is 5.32 Å². The van der Waals surface area contributed by atoms with E-state index in [1.165, 1.54) is 0 Å². The minimum absolute atomic E-state index is 0.0100. The van der Waals surface area contributed by atoms with Gasteiger partial charge in [-0.3, -0.25) is 4.79 Å². The van der Waals surface area contributed by atoms with E-state index in [1.54, 1.807) is 12.1 Å². The summed E-state index contributed by atoms with van der Waals surface area (Å²) in [5.74, 6) is -0.844. The van der Waals surface area contributed by atoms with E-state index in [2.05, 4.69) is 11.4 Å². The second-order valence-electron chi connectivity index (χ2n) is 4.39. The lowest BCUT2D eigenvalue weighted by atomic mass is 10.0. The van der Waals surface area contributed by atoms with Gasteiger partial charge in [0.25, 0.3) is 0 Å². The standard InChI is InChI=1S/C16H14N2O2/c17-10-12-4-3-7-15(8-12)18-11-14-6-2-1-5-13(14)9-16(19)20/h1-8,18H,9,11H2,(H,19,20). The number of rotatable bonds is 5. The van der Waals surface area contributed by atoms with Gasteiger partial charge in [0.15, 0.2) is 0 Å². The molecule has 20 heavy (non-hydrogen) atoms. The largest absolute Gasteiger partial charge is 0.481 e. The molecular formula is C16H14N2O2. The number of benzene rings is 2. The lowest BCUT2D eigenvalue weighted by Crippen LogP contribution is -2.07. The molecule has 0 heterocycles. The van der Waals surface area contributed by atoms with Crippen LogP contribution in [0.15, 0.2) is 48.5 Å². The van der Waals surface area contributed by atoms with Crippen LogP contribution in [0, 0.1) is 11.3 Å². The molecule has 2 rings (SSSR count). The van der Waals surface area contributed by atoms with Crippen molar-refractivity contribution in [3.05, 3.63) is 65.2 Å². The van der Waals surface area contributed by atoms with Crippen LogP contribution >= 0.6 is 0 Å². The van der Waals surface area contributed by atoms with Crippen molar-refractivity contribution in [2.24, 2.45) is 0 Å². The lowest BCUT2D eigenvalue weighted by Gasteiger charge is -2.10. The highest BCUT2D eigenvalue weighted by Crippen LogP contribution is 2.14. The first-order valence-electron chi connectivity index (χ1n) is 6.21. The van der Waals surface area contributed by atoms with E-state index >= 15 is 0 Å². The number of hydrogen-bond donors (Lipinski definition) is 2. The Morgan fingerprint density at radius 3 is 2.60 bits per heavy atom. The van der Waals surface area contributed by atoms with Gasteiger partial charge in [0.1, 0.15) is 0 Å². The number of carboxylic acid groups (broad SMARTS) is 1. The minimum Gasteiger partial charge on any atom is -0.481 e. The summed E-state index contributed by atoms with van der Waals surface area (Å²) in [6.45, 7) is 0.526. The second-order valence-corrected chi connectivity index (χ2v) is 4.39. The minimum atomic E-state index is -0.844. The number of carboxylic acids is 1. The zero-order chi connectivity index (χ0) is 14.4. The molecule has 100 valence electrons. The van der Waals surface area contributed by atoms with Gasteiger partial charge in [-0.05, 0) is 29.3 Å². The van der Waals surface area contributed by atoms with Crippen molar-refractivity contribution < 1.29 is 9.90 Å². The Bertz CT molecular complexity index is 660. The summed E-state index contributed by atoms with van der Waals surface area (Å²) in [6.07, 6.45) is 0.0100. The summed E-state index contributed by atoms with van der Waals surface area (Å²) in [6, 6.07) is 16.7. The number of hydrogen-bond acceptors (Lipinski definition) is 3. The number of nitrogens with zero attached hydrogens (tertiary/aromatic N) is 1. The monoisotopic (exact) mass is 266 g/mol. The van der Waals surface area contributed by atoms with E-state index < -0.39 is 5.97 Å². The van der Waals surface area contributed by atoms with Gasteiger partial charge in [-0.2, -0.15) is 5.26 Å². The van der Waals surface area contributed by atoms with Gasteiger partial charge in [-0.25, -0.2) is 0 Å². The highest BCUT2D eigenvalue weighted by Gasteiger charge is 2.06. The van der Waals surface area contributed by atoms with Gasteiger partial charge in [0.2, 0.25) is 0 Å². The van der Waals surface area contributed by atoms with E-state index in [0.29, 0.717) is 12.1 Å². The molecule has 4 nitrogen and oxygen atoms in total. The molecule has 0 aliphatic heterocycles. The molecule has 0 fully saturated rings. The Labute approximate surface area is 117 Å². The second kappa shape index (κ2) is 6.39. The highest BCUT2D eigenvalue weighted by molar-refractivity contribution is 5.70. The summed E-state index contributed by atoms with van der Waals surface area (Å²) in [4.78, 5) is 10.8. The van der Waals surface area contributed by atoms with Crippen LogP contribution in [0.5, 0.6) is 0 Å². The van der Waals surface area contributed by atoms with Gasteiger partial charge < -0.3 is 10.4 Å². The summed E-state index contributed by atoms with van der Waals surface area (Å²) in [5, 5.41) is 20.9. The number of nitrogens with one attached hydrogen (secondary N) is 1. The molecule has 0 bridgehead atoms. The summed E-state index contributed by atoms with van der Waals surface area (Å²) in [7, 11) is 0. The Morgan fingerprint density at radius 1 is 1.15 bits per heavy atom. The van der Waals surface area contributed by atoms with Crippen molar-refractivity contribution in [3.8, 4) is 6.07 Å². The maximum Gasteiger partial charge on any atom is 0.307 e. The van der Waals surface area contributed by atoms with Crippen molar-refractivity contribution in [2.45, 2.75) is 13.0 Å². The Morgan fingerprint density at radius 2 is 1.90 bits per heavy atom. The van der Waals surface area contributed by atoms with Crippen molar-refractivity contribution in [2.75, 3.05) is 5.32 Å². The van der Waals surface area contributed by atoms with Crippen molar-refractivity contribution in [1.82, 2.24) is 0 Å². The smallest absolute Gasteiger partial charge is 0.307 e. The van der Waals surface area contributed by atoms with Gasteiger partial charge >= 0.3 is 5.97 Å². The fourth-order valence-corrected chi connectivity index (χ4v) is 1.96. The van der Waals surface area contributed by atoms with Crippen LogP contribution in [0.2, 0.25) is 0 Å². The van der Waals surface area contributed by atoms with Crippen LogP contribution in [0.1, 0.15) is 16.7 Å². The predicted molar refractivity (Wildman–Crippen MR) is 76.3 cm³/mol. The third-order valence-electron chi connectivity index (χ3n) is 2.93.